The predicted octanol–water partition coefficient (Wildman–Crippen LogP) is 4.41. The van der Waals surface area contributed by atoms with Crippen LogP contribution < -0.4 is 10.1 Å². The Morgan fingerprint density at radius 1 is 1.16 bits per heavy atom. The van der Waals surface area contributed by atoms with E-state index in [4.69, 9.17) is 16.3 Å². The van der Waals surface area contributed by atoms with Crippen molar-refractivity contribution in [2.75, 3.05) is 7.05 Å². The second kappa shape index (κ2) is 6.60. The van der Waals surface area contributed by atoms with Crippen molar-refractivity contribution in [1.82, 2.24) is 5.32 Å². The molecule has 0 heterocycles. The van der Waals surface area contributed by atoms with Gasteiger partial charge >= 0.3 is 0 Å². The second-order valence-electron chi connectivity index (χ2n) is 4.39. The molecule has 0 fully saturated rings. The molecule has 0 aliphatic carbocycles. The quantitative estimate of drug-likeness (QED) is 0.872. The first kappa shape index (κ1) is 13.9. The summed E-state index contributed by atoms with van der Waals surface area (Å²) in [6.07, 6.45) is 1.00. The third-order valence-electron chi connectivity index (χ3n) is 2.92. The Hall–Kier alpha value is -1.51. The Balaban J connectivity index is 2.26. The van der Waals surface area contributed by atoms with Crippen LogP contribution in [-0.4, -0.2) is 7.05 Å². The van der Waals surface area contributed by atoms with Crippen LogP contribution in [0.2, 0.25) is 5.02 Å². The molecule has 1 N–H and O–H groups in total. The molecule has 0 aliphatic heterocycles. The van der Waals surface area contributed by atoms with E-state index in [-0.39, 0.29) is 0 Å². The minimum atomic E-state index is 0.722. The molecule has 19 heavy (non-hydrogen) atoms. The highest BCUT2D eigenvalue weighted by atomic mass is 35.5. The Morgan fingerprint density at radius 3 is 2.74 bits per heavy atom. The average Bonchev–Trinajstić information content (AvgIpc) is 2.42. The van der Waals surface area contributed by atoms with Gasteiger partial charge in [-0.25, -0.2) is 0 Å². The van der Waals surface area contributed by atoms with Crippen molar-refractivity contribution in [3.63, 3.8) is 0 Å². The van der Waals surface area contributed by atoms with Crippen LogP contribution in [0.25, 0.3) is 0 Å². The lowest BCUT2D eigenvalue weighted by Crippen LogP contribution is -2.06. The van der Waals surface area contributed by atoms with Gasteiger partial charge in [0.15, 0.2) is 0 Å². The first-order chi connectivity index (χ1) is 9.22. The van der Waals surface area contributed by atoms with Crippen molar-refractivity contribution in [1.29, 1.82) is 0 Å². The largest absolute Gasteiger partial charge is 0.457 e. The molecule has 0 saturated heterocycles. The van der Waals surface area contributed by atoms with E-state index in [1.807, 2.05) is 37.4 Å². The summed E-state index contributed by atoms with van der Waals surface area (Å²) < 4.78 is 5.96. The highest BCUT2D eigenvalue weighted by Gasteiger charge is 2.06. The number of benzene rings is 2. The van der Waals surface area contributed by atoms with Gasteiger partial charge in [0.2, 0.25) is 0 Å². The molecule has 2 rings (SSSR count). The summed E-state index contributed by atoms with van der Waals surface area (Å²) in [5.41, 5.74) is 2.32. The average molecular weight is 276 g/mol. The first-order valence-corrected chi connectivity index (χ1v) is 6.80. The minimum absolute atomic E-state index is 0.722. The van der Waals surface area contributed by atoms with Crippen LogP contribution in [0.3, 0.4) is 0 Å². The van der Waals surface area contributed by atoms with Crippen molar-refractivity contribution in [3.05, 3.63) is 58.6 Å². The zero-order valence-electron chi connectivity index (χ0n) is 11.2. The summed E-state index contributed by atoms with van der Waals surface area (Å²) in [5, 5.41) is 3.84. The number of ether oxygens (including phenoxy) is 1. The number of nitrogens with one attached hydrogen (secondary N) is 1. The lowest BCUT2D eigenvalue weighted by atomic mass is 10.1. The van der Waals surface area contributed by atoms with Crippen LogP contribution in [-0.2, 0) is 13.0 Å². The summed E-state index contributed by atoms with van der Waals surface area (Å²) in [7, 11) is 1.91. The van der Waals surface area contributed by atoms with E-state index in [1.165, 1.54) is 5.56 Å². The van der Waals surface area contributed by atoms with Crippen LogP contribution in [0, 0.1) is 0 Å². The van der Waals surface area contributed by atoms with Gasteiger partial charge in [0, 0.05) is 17.1 Å². The van der Waals surface area contributed by atoms with Gasteiger partial charge in [-0.2, -0.15) is 0 Å². The van der Waals surface area contributed by atoms with Crippen LogP contribution in [0.15, 0.2) is 42.5 Å². The molecule has 0 unspecified atom stereocenters. The molecular formula is C16H18ClNO. The maximum Gasteiger partial charge on any atom is 0.132 e. The summed E-state index contributed by atoms with van der Waals surface area (Å²) in [6, 6.07) is 13.8. The maximum absolute atomic E-state index is 6.02. The lowest BCUT2D eigenvalue weighted by Gasteiger charge is -2.12. The molecule has 0 atom stereocenters. The van der Waals surface area contributed by atoms with E-state index in [2.05, 4.69) is 24.4 Å². The highest BCUT2D eigenvalue weighted by molar-refractivity contribution is 6.30. The van der Waals surface area contributed by atoms with Crippen molar-refractivity contribution < 1.29 is 4.74 Å². The molecule has 0 amide bonds. The molecule has 3 heteroatoms. The fraction of sp³-hybridized carbons (Fsp3) is 0.250. The van der Waals surface area contributed by atoms with Gasteiger partial charge in [-0.1, -0.05) is 30.7 Å². The monoisotopic (exact) mass is 275 g/mol. The lowest BCUT2D eigenvalue weighted by molar-refractivity contribution is 0.473. The van der Waals surface area contributed by atoms with Crippen molar-refractivity contribution in [2.45, 2.75) is 19.9 Å². The van der Waals surface area contributed by atoms with E-state index in [1.54, 1.807) is 0 Å². The smallest absolute Gasteiger partial charge is 0.132 e. The van der Waals surface area contributed by atoms with E-state index in [0.717, 1.165) is 35.1 Å². The molecular weight excluding hydrogens is 258 g/mol. The number of rotatable bonds is 5. The third-order valence-corrected chi connectivity index (χ3v) is 3.16. The molecule has 0 spiro atoms. The molecule has 0 aromatic heterocycles. The molecule has 2 aromatic carbocycles. The highest BCUT2D eigenvalue weighted by Crippen LogP contribution is 2.28. The van der Waals surface area contributed by atoms with Gasteiger partial charge in [0.1, 0.15) is 11.5 Å². The van der Waals surface area contributed by atoms with Gasteiger partial charge < -0.3 is 10.1 Å². The Bertz CT molecular complexity index is 554. The second-order valence-corrected chi connectivity index (χ2v) is 4.82. The standard InChI is InChI=1S/C16H18ClNO/c1-3-12-5-4-6-15(9-12)19-16-8-7-14(17)10-13(16)11-18-2/h4-10,18H,3,11H2,1-2H3. The summed E-state index contributed by atoms with van der Waals surface area (Å²) in [6.45, 7) is 2.86. The van der Waals surface area contributed by atoms with E-state index in [0.29, 0.717) is 0 Å². The van der Waals surface area contributed by atoms with Crippen LogP contribution >= 0.6 is 11.6 Å². The maximum atomic E-state index is 6.02. The van der Waals surface area contributed by atoms with Crippen LogP contribution in [0.1, 0.15) is 18.1 Å². The van der Waals surface area contributed by atoms with E-state index in [9.17, 15) is 0 Å². The summed E-state index contributed by atoms with van der Waals surface area (Å²) >= 11 is 6.02. The molecule has 0 aliphatic rings. The Morgan fingerprint density at radius 2 is 2.00 bits per heavy atom. The fourth-order valence-corrected chi connectivity index (χ4v) is 2.13. The topological polar surface area (TPSA) is 21.3 Å². The number of aryl methyl sites for hydroxylation is 1. The van der Waals surface area contributed by atoms with Gasteiger partial charge in [-0.05, 0) is 49.4 Å². The van der Waals surface area contributed by atoms with E-state index < -0.39 is 0 Å². The van der Waals surface area contributed by atoms with Gasteiger partial charge in [0.05, 0.1) is 0 Å². The Labute approximate surface area is 119 Å². The number of hydrogen-bond donors (Lipinski definition) is 1. The molecule has 0 radical (unpaired) electrons. The molecule has 2 aromatic rings. The first-order valence-electron chi connectivity index (χ1n) is 6.42. The van der Waals surface area contributed by atoms with Gasteiger partial charge in [-0.3, -0.25) is 0 Å². The van der Waals surface area contributed by atoms with Gasteiger partial charge in [-0.15, -0.1) is 0 Å². The van der Waals surface area contributed by atoms with E-state index >= 15 is 0 Å². The van der Waals surface area contributed by atoms with Crippen molar-refractivity contribution in [2.24, 2.45) is 0 Å². The number of hydrogen-bond acceptors (Lipinski definition) is 2. The predicted molar refractivity (Wildman–Crippen MR) is 80.1 cm³/mol. The zero-order chi connectivity index (χ0) is 13.7. The van der Waals surface area contributed by atoms with Gasteiger partial charge in [0.25, 0.3) is 0 Å². The third kappa shape index (κ3) is 3.72. The van der Waals surface area contributed by atoms with Crippen molar-refractivity contribution >= 4 is 11.6 Å². The molecule has 100 valence electrons. The van der Waals surface area contributed by atoms with Crippen molar-refractivity contribution in [3.8, 4) is 11.5 Å². The summed E-state index contributed by atoms with van der Waals surface area (Å²) in [5.74, 6) is 1.70. The van der Waals surface area contributed by atoms with Crippen LogP contribution in [0.5, 0.6) is 11.5 Å². The molecule has 2 nitrogen and oxygen atoms in total. The normalized spacial score (nSPS) is 10.5. The van der Waals surface area contributed by atoms with Crippen LogP contribution in [0.4, 0.5) is 0 Å². The Kier molecular flexibility index (Phi) is 4.83. The number of halogens is 1. The summed E-state index contributed by atoms with van der Waals surface area (Å²) in [4.78, 5) is 0. The molecule has 0 bridgehead atoms. The SMILES string of the molecule is CCc1cccc(Oc2ccc(Cl)cc2CNC)c1. The fourth-order valence-electron chi connectivity index (χ4n) is 1.93. The zero-order valence-corrected chi connectivity index (χ0v) is 12.0. The molecule has 0 saturated carbocycles. The minimum Gasteiger partial charge on any atom is -0.457 e.